The molecule has 2 N–H and O–H groups in total. The zero-order valence-electron chi connectivity index (χ0n) is 13.9. The Morgan fingerprint density at radius 2 is 2.30 bits per heavy atom. The fourth-order valence-corrected chi connectivity index (χ4v) is 3.52. The first-order chi connectivity index (χ1) is 11.2. The van der Waals surface area contributed by atoms with Crippen LogP contribution in [0.25, 0.3) is 0 Å². The van der Waals surface area contributed by atoms with Crippen LogP contribution in [0.2, 0.25) is 0 Å². The predicted octanol–water partition coefficient (Wildman–Crippen LogP) is 1.62. The number of amides is 1. The number of carbonyl (C=O) groups is 1. The second-order valence-corrected chi connectivity index (χ2v) is 6.74. The van der Waals surface area contributed by atoms with Gasteiger partial charge in [0, 0.05) is 31.6 Å². The van der Waals surface area contributed by atoms with Crippen LogP contribution in [0, 0.1) is 5.41 Å². The van der Waals surface area contributed by atoms with Gasteiger partial charge < -0.3 is 19.9 Å². The first-order valence-corrected chi connectivity index (χ1v) is 8.76. The van der Waals surface area contributed by atoms with E-state index in [1.54, 1.807) is 0 Å². The van der Waals surface area contributed by atoms with Crippen molar-refractivity contribution in [2.45, 2.75) is 44.9 Å². The predicted molar refractivity (Wildman–Crippen MR) is 86.2 cm³/mol. The van der Waals surface area contributed by atoms with Crippen LogP contribution in [0.5, 0.6) is 0 Å². The molecule has 2 aliphatic rings. The van der Waals surface area contributed by atoms with Gasteiger partial charge in [0.2, 0.25) is 5.91 Å². The molecule has 2 aliphatic heterocycles. The van der Waals surface area contributed by atoms with Crippen molar-refractivity contribution in [2.75, 3.05) is 32.8 Å². The zero-order chi connectivity index (χ0) is 16.1. The molecule has 1 atom stereocenters. The number of hydrogen-bond acceptors (Lipinski definition) is 5. The number of aromatic nitrogens is 1. The molecule has 6 heteroatoms. The van der Waals surface area contributed by atoms with E-state index in [4.69, 9.17) is 9.26 Å². The first-order valence-electron chi connectivity index (χ1n) is 8.76. The Morgan fingerprint density at radius 1 is 1.48 bits per heavy atom. The molecule has 1 unspecified atom stereocenters. The lowest BCUT2D eigenvalue weighted by Gasteiger charge is -2.35. The minimum Gasteiger partial charge on any atom is -0.381 e. The van der Waals surface area contributed by atoms with Gasteiger partial charge in [-0.1, -0.05) is 12.1 Å². The van der Waals surface area contributed by atoms with Gasteiger partial charge in [-0.25, -0.2) is 0 Å². The zero-order valence-corrected chi connectivity index (χ0v) is 13.9. The fourth-order valence-electron chi connectivity index (χ4n) is 3.52. The molecule has 2 saturated heterocycles. The molecule has 0 aromatic carbocycles. The summed E-state index contributed by atoms with van der Waals surface area (Å²) >= 11 is 0. The minimum atomic E-state index is -0.372. The van der Waals surface area contributed by atoms with Crippen molar-refractivity contribution in [3.05, 3.63) is 17.5 Å². The van der Waals surface area contributed by atoms with Gasteiger partial charge in [-0.15, -0.1) is 0 Å². The van der Waals surface area contributed by atoms with Crippen LogP contribution in [-0.4, -0.2) is 43.9 Å². The Bertz CT molecular complexity index is 517. The SMILES string of the molecule is CCCNC(=O)C1(Cc2cc(C3CCOC3)no2)CCNCC1. The molecule has 6 nitrogen and oxygen atoms in total. The van der Waals surface area contributed by atoms with Gasteiger partial charge in [-0.2, -0.15) is 0 Å². The normalized spacial score (nSPS) is 23.8. The average Bonchev–Trinajstić information content (AvgIpc) is 3.24. The van der Waals surface area contributed by atoms with Crippen LogP contribution in [0.3, 0.4) is 0 Å². The number of piperidine rings is 1. The van der Waals surface area contributed by atoms with Gasteiger partial charge in [0.05, 0.1) is 17.7 Å². The number of nitrogens with one attached hydrogen (secondary N) is 2. The van der Waals surface area contributed by atoms with E-state index in [2.05, 4.69) is 22.7 Å². The third kappa shape index (κ3) is 3.75. The highest BCUT2D eigenvalue weighted by Gasteiger charge is 2.40. The lowest BCUT2D eigenvalue weighted by Crippen LogP contribution is -2.49. The van der Waals surface area contributed by atoms with E-state index in [-0.39, 0.29) is 11.3 Å². The maximum atomic E-state index is 12.7. The first kappa shape index (κ1) is 16.5. The molecule has 0 bridgehead atoms. The van der Waals surface area contributed by atoms with E-state index in [1.165, 1.54) is 0 Å². The van der Waals surface area contributed by atoms with Crippen molar-refractivity contribution in [1.29, 1.82) is 0 Å². The smallest absolute Gasteiger partial charge is 0.226 e. The van der Waals surface area contributed by atoms with Crippen LogP contribution >= 0.6 is 0 Å². The van der Waals surface area contributed by atoms with Crippen LogP contribution in [0.1, 0.15) is 50.0 Å². The molecule has 1 aromatic heterocycles. The standard InChI is InChI=1S/C17H27N3O3/c1-2-6-19-16(21)17(4-7-18-8-5-17)11-14-10-15(20-23-14)13-3-9-22-12-13/h10,13,18H,2-9,11-12H2,1H3,(H,19,21). The van der Waals surface area contributed by atoms with Crippen LogP contribution in [0.15, 0.2) is 10.6 Å². The average molecular weight is 321 g/mol. The summed E-state index contributed by atoms with van der Waals surface area (Å²) in [4.78, 5) is 12.7. The van der Waals surface area contributed by atoms with Crippen molar-refractivity contribution in [3.8, 4) is 0 Å². The number of rotatable bonds is 6. The molecular weight excluding hydrogens is 294 g/mol. The molecule has 3 rings (SSSR count). The van der Waals surface area contributed by atoms with Gasteiger partial charge in [0.1, 0.15) is 5.76 Å². The summed E-state index contributed by atoms with van der Waals surface area (Å²) in [6, 6.07) is 2.02. The summed E-state index contributed by atoms with van der Waals surface area (Å²) in [5, 5.41) is 10.6. The van der Waals surface area contributed by atoms with E-state index >= 15 is 0 Å². The third-order valence-electron chi connectivity index (χ3n) is 5.02. The molecule has 0 aliphatic carbocycles. The Hall–Kier alpha value is -1.40. The van der Waals surface area contributed by atoms with Crippen LogP contribution in [-0.2, 0) is 16.0 Å². The third-order valence-corrected chi connectivity index (χ3v) is 5.02. The van der Waals surface area contributed by atoms with Crippen molar-refractivity contribution in [1.82, 2.24) is 15.8 Å². The summed E-state index contributed by atoms with van der Waals surface area (Å²) in [7, 11) is 0. The Morgan fingerprint density at radius 3 is 3.00 bits per heavy atom. The van der Waals surface area contributed by atoms with Gasteiger partial charge in [0.25, 0.3) is 0 Å². The monoisotopic (exact) mass is 321 g/mol. The number of hydrogen-bond donors (Lipinski definition) is 2. The maximum Gasteiger partial charge on any atom is 0.226 e. The van der Waals surface area contributed by atoms with Crippen LogP contribution in [0.4, 0.5) is 0 Å². The van der Waals surface area contributed by atoms with Crippen molar-refractivity contribution in [3.63, 3.8) is 0 Å². The summed E-state index contributed by atoms with van der Waals surface area (Å²) in [5.41, 5.74) is 0.596. The van der Waals surface area contributed by atoms with E-state index < -0.39 is 0 Å². The second kappa shape index (κ2) is 7.45. The molecule has 128 valence electrons. The molecular formula is C17H27N3O3. The van der Waals surface area contributed by atoms with Gasteiger partial charge in [0.15, 0.2) is 0 Å². The second-order valence-electron chi connectivity index (χ2n) is 6.74. The summed E-state index contributed by atoms with van der Waals surface area (Å²) in [5.74, 6) is 1.31. The minimum absolute atomic E-state index is 0.156. The Balaban J connectivity index is 1.71. The highest BCUT2D eigenvalue weighted by molar-refractivity contribution is 5.83. The molecule has 0 spiro atoms. The van der Waals surface area contributed by atoms with Crippen molar-refractivity contribution < 1.29 is 14.1 Å². The summed E-state index contributed by atoms with van der Waals surface area (Å²) in [6.45, 7) is 6.06. The molecule has 0 radical (unpaired) electrons. The number of nitrogens with zero attached hydrogens (tertiary/aromatic N) is 1. The highest BCUT2D eigenvalue weighted by Crippen LogP contribution is 2.34. The van der Waals surface area contributed by atoms with E-state index in [0.29, 0.717) is 12.3 Å². The van der Waals surface area contributed by atoms with E-state index in [0.717, 1.165) is 70.0 Å². The molecule has 0 saturated carbocycles. The summed E-state index contributed by atoms with van der Waals surface area (Å²) < 4.78 is 11.0. The largest absolute Gasteiger partial charge is 0.381 e. The van der Waals surface area contributed by atoms with Gasteiger partial charge >= 0.3 is 0 Å². The maximum absolute atomic E-state index is 12.7. The van der Waals surface area contributed by atoms with Crippen molar-refractivity contribution >= 4 is 5.91 Å². The lowest BCUT2D eigenvalue weighted by molar-refractivity contribution is -0.132. The molecule has 3 heterocycles. The molecule has 23 heavy (non-hydrogen) atoms. The molecule has 1 aromatic rings. The number of carbonyl (C=O) groups excluding carboxylic acids is 1. The van der Waals surface area contributed by atoms with Crippen LogP contribution < -0.4 is 10.6 Å². The summed E-state index contributed by atoms with van der Waals surface area (Å²) in [6.07, 6.45) is 4.26. The quantitative estimate of drug-likeness (QED) is 0.832. The molecule has 1 amide bonds. The van der Waals surface area contributed by atoms with E-state index in [9.17, 15) is 4.79 Å². The highest BCUT2D eigenvalue weighted by atomic mass is 16.5. The van der Waals surface area contributed by atoms with Gasteiger partial charge in [-0.3, -0.25) is 4.79 Å². The van der Waals surface area contributed by atoms with Gasteiger partial charge in [-0.05, 0) is 38.8 Å². The fraction of sp³-hybridized carbons (Fsp3) is 0.765. The number of ether oxygens (including phenoxy) is 1. The Labute approximate surface area is 137 Å². The lowest BCUT2D eigenvalue weighted by atomic mass is 9.74. The van der Waals surface area contributed by atoms with Crippen molar-refractivity contribution in [2.24, 2.45) is 5.41 Å². The molecule has 2 fully saturated rings. The Kier molecular flexibility index (Phi) is 5.33. The topological polar surface area (TPSA) is 76.4 Å². The van der Waals surface area contributed by atoms with E-state index in [1.807, 2.05) is 6.07 Å².